The van der Waals surface area contributed by atoms with Crippen molar-refractivity contribution in [1.82, 2.24) is 14.6 Å². The van der Waals surface area contributed by atoms with Crippen LogP contribution in [0.3, 0.4) is 0 Å². The van der Waals surface area contributed by atoms with Gasteiger partial charge in [0.05, 0.1) is 33.6 Å². The van der Waals surface area contributed by atoms with E-state index in [9.17, 15) is 14.9 Å². The van der Waals surface area contributed by atoms with Crippen molar-refractivity contribution in [2.24, 2.45) is 5.10 Å². The number of para-hydroxylation sites is 1. The van der Waals surface area contributed by atoms with Crippen LogP contribution >= 0.6 is 31.9 Å². The lowest BCUT2D eigenvalue weighted by molar-refractivity contribution is -0.385. The van der Waals surface area contributed by atoms with Gasteiger partial charge in [0, 0.05) is 27.7 Å². The van der Waals surface area contributed by atoms with Crippen molar-refractivity contribution in [3.8, 4) is 28.8 Å². The maximum atomic E-state index is 13.4. The largest absolute Gasteiger partial charge is 0.493 e. The third kappa shape index (κ3) is 5.29. The Morgan fingerprint density at radius 2 is 1.77 bits per heavy atom. The molecule has 39 heavy (non-hydrogen) atoms. The van der Waals surface area contributed by atoms with Crippen LogP contribution in [0, 0.1) is 10.1 Å². The van der Waals surface area contributed by atoms with Crippen LogP contribution < -0.4 is 15.0 Å². The molecule has 194 valence electrons. The Balaban J connectivity index is 1.58. The van der Waals surface area contributed by atoms with Gasteiger partial charge >= 0.3 is 0 Å². The summed E-state index contributed by atoms with van der Waals surface area (Å²) in [6.07, 6.45) is 2.61. The van der Waals surface area contributed by atoms with Crippen molar-refractivity contribution >= 4 is 54.7 Å². The van der Waals surface area contributed by atoms with E-state index in [1.54, 1.807) is 24.3 Å². The summed E-state index contributed by atoms with van der Waals surface area (Å²) in [4.78, 5) is 32.5. The molecule has 0 saturated carbocycles. The normalized spacial score (nSPS) is 11.2. The highest BCUT2D eigenvalue weighted by atomic mass is 79.9. The lowest BCUT2D eigenvalue weighted by Gasteiger charge is -2.14. The smallest absolute Gasteiger partial charge is 0.287 e. The van der Waals surface area contributed by atoms with Gasteiger partial charge in [-0.2, -0.15) is 9.78 Å². The molecule has 0 radical (unpaired) electrons. The highest BCUT2D eigenvalue weighted by Crippen LogP contribution is 2.44. The number of fused-ring (bicyclic) bond motifs is 1. The zero-order valence-electron chi connectivity index (χ0n) is 20.1. The Labute approximate surface area is 238 Å². The first-order valence-electron chi connectivity index (χ1n) is 11.3. The van der Waals surface area contributed by atoms with Crippen LogP contribution in [0.1, 0.15) is 5.56 Å². The molecule has 12 heteroatoms. The molecule has 0 unspecified atom stereocenters. The number of hydrogen-bond donors (Lipinski definition) is 0. The molecule has 0 amide bonds. The second-order valence-electron chi connectivity index (χ2n) is 8.02. The summed E-state index contributed by atoms with van der Waals surface area (Å²) < 4.78 is 13.7. The van der Waals surface area contributed by atoms with E-state index in [1.807, 2.05) is 36.4 Å². The quantitative estimate of drug-likeness (QED) is 0.111. The monoisotopic (exact) mass is 649 g/mol. The first kappa shape index (κ1) is 26.2. The molecule has 0 aliphatic rings. The molecule has 2 aromatic heterocycles. The SMILES string of the molecule is COc1cc(C=Nn2c(-c3ccccc3)nc3ccccc3c2=O)c(Br)c(Br)c1Oc1ccc([N+](=O)[O-])cn1. The average molecular weight is 651 g/mol. The molecule has 0 aliphatic heterocycles. The van der Waals surface area contributed by atoms with Gasteiger partial charge in [0.2, 0.25) is 5.88 Å². The van der Waals surface area contributed by atoms with Crippen LogP contribution in [0.5, 0.6) is 17.4 Å². The average Bonchev–Trinajstić information content (AvgIpc) is 2.96. The zero-order valence-corrected chi connectivity index (χ0v) is 23.3. The number of aromatic nitrogens is 3. The minimum absolute atomic E-state index is 0.134. The number of nitrogens with zero attached hydrogens (tertiary/aromatic N) is 5. The van der Waals surface area contributed by atoms with Gasteiger partial charge in [0.15, 0.2) is 17.3 Å². The van der Waals surface area contributed by atoms with Gasteiger partial charge in [-0.1, -0.05) is 42.5 Å². The summed E-state index contributed by atoms with van der Waals surface area (Å²) in [6, 6.07) is 20.8. The van der Waals surface area contributed by atoms with E-state index in [0.29, 0.717) is 37.0 Å². The van der Waals surface area contributed by atoms with E-state index in [-0.39, 0.29) is 22.9 Å². The van der Waals surface area contributed by atoms with E-state index in [1.165, 1.54) is 30.1 Å². The number of nitro groups is 1. The minimum atomic E-state index is -0.544. The Kier molecular flexibility index (Phi) is 7.48. The van der Waals surface area contributed by atoms with Crippen molar-refractivity contribution in [2.75, 3.05) is 7.11 Å². The first-order chi connectivity index (χ1) is 18.9. The summed E-state index contributed by atoms with van der Waals surface area (Å²) >= 11 is 7.06. The molecule has 2 heterocycles. The predicted octanol–water partition coefficient (Wildman–Crippen LogP) is 6.57. The zero-order chi connectivity index (χ0) is 27.5. The lowest BCUT2D eigenvalue weighted by atomic mass is 10.2. The molecule has 0 spiro atoms. The maximum absolute atomic E-state index is 13.4. The number of pyridine rings is 1. The Morgan fingerprint density at radius 3 is 2.46 bits per heavy atom. The number of benzene rings is 3. The molecule has 0 bridgehead atoms. The first-order valence-corrected chi connectivity index (χ1v) is 12.9. The van der Waals surface area contributed by atoms with Gasteiger partial charge in [-0.05, 0) is 50.1 Å². The molecule has 3 aromatic carbocycles. The molecule has 0 aliphatic carbocycles. The Hall–Kier alpha value is -4.42. The van der Waals surface area contributed by atoms with Gasteiger partial charge in [-0.15, -0.1) is 0 Å². The van der Waals surface area contributed by atoms with E-state index in [0.717, 1.165) is 11.8 Å². The lowest BCUT2D eigenvalue weighted by Crippen LogP contribution is -2.20. The van der Waals surface area contributed by atoms with Crippen molar-refractivity contribution in [2.45, 2.75) is 0 Å². The Morgan fingerprint density at radius 1 is 1.03 bits per heavy atom. The third-order valence-corrected chi connectivity index (χ3v) is 7.76. The number of hydrogen-bond acceptors (Lipinski definition) is 8. The summed E-state index contributed by atoms with van der Waals surface area (Å²) in [6.45, 7) is 0. The summed E-state index contributed by atoms with van der Waals surface area (Å²) in [5, 5.41) is 15.9. The fourth-order valence-electron chi connectivity index (χ4n) is 3.72. The number of rotatable bonds is 7. The molecular weight excluding hydrogens is 634 g/mol. The van der Waals surface area contributed by atoms with Crippen molar-refractivity contribution < 1.29 is 14.4 Å². The van der Waals surface area contributed by atoms with E-state index in [4.69, 9.17) is 14.5 Å². The van der Waals surface area contributed by atoms with Crippen molar-refractivity contribution in [1.29, 1.82) is 0 Å². The molecule has 5 aromatic rings. The maximum Gasteiger partial charge on any atom is 0.287 e. The van der Waals surface area contributed by atoms with E-state index >= 15 is 0 Å². The van der Waals surface area contributed by atoms with Gasteiger partial charge in [-0.3, -0.25) is 14.9 Å². The number of ether oxygens (including phenoxy) is 2. The molecule has 0 N–H and O–H groups in total. The van der Waals surface area contributed by atoms with Gasteiger partial charge in [0.1, 0.15) is 6.20 Å². The number of methoxy groups -OCH3 is 1. The van der Waals surface area contributed by atoms with Gasteiger partial charge in [-0.25, -0.2) is 9.97 Å². The van der Waals surface area contributed by atoms with Crippen molar-refractivity contribution in [3.63, 3.8) is 0 Å². The topological polar surface area (TPSA) is 122 Å². The molecule has 5 rings (SSSR count). The van der Waals surface area contributed by atoms with Crippen LogP contribution in [0.15, 0.2) is 97.8 Å². The highest BCUT2D eigenvalue weighted by Gasteiger charge is 2.19. The highest BCUT2D eigenvalue weighted by molar-refractivity contribution is 9.13. The van der Waals surface area contributed by atoms with Crippen LogP contribution in [0.4, 0.5) is 5.69 Å². The molecule has 0 fully saturated rings. The summed E-state index contributed by atoms with van der Waals surface area (Å²) in [5.74, 6) is 1.15. The summed E-state index contributed by atoms with van der Waals surface area (Å²) in [7, 11) is 1.47. The van der Waals surface area contributed by atoms with Crippen LogP contribution in [-0.2, 0) is 0 Å². The standard InChI is InChI=1S/C27H17Br2N5O5/c1-38-21-13-17(23(28)24(29)25(21)39-22-12-11-18(15-30-22)34(36)37)14-31-33-26(16-7-3-2-4-8-16)32-20-10-6-5-9-19(20)27(33)35/h2-15H,1H3. The second kappa shape index (κ2) is 11.1. The molecule has 0 atom stereocenters. The van der Waals surface area contributed by atoms with Gasteiger partial charge < -0.3 is 9.47 Å². The molecule has 0 saturated heterocycles. The minimum Gasteiger partial charge on any atom is -0.493 e. The number of halogens is 2. The van der Waals surface area contributed by atoms with Gasteiger partial charge in [0.25, 0.3) is 11.2 Å². The van der Waals surface area contributed by atoms with E-state index in [2.05, 4.69) is 41.9 Å². The van der Waals surface area contributed by atoms with Crippen molar-refractivity contribution in [3.05, 3.63) is 114 Å². The molecular formula is C27H17Br2N5O5. The fraction of sp³-hybridized carbons (Fsp3) is 0.0370. The van der Waals surface area contributed by atoms with Crippen LogP contribution in [0.2, 0.25) is 0 Å². The fourth-order valence-corrected chi connectivity index (χ4v) is 4.62. The Bertz CT molecular complexity index is 1790. The molecule has 10 nitrogen and oxygen atoms in total. The summed E-state index contributed by atoms with van der Waals surface area (Å²) in [5.41, 5.74) is 1.40. The van der Waals surface area contributed by atoms with Crippen LogP contribution in [-0.4, -0.2) is 32.9 Å². The predicted molar refractivity (Wildman–Crippen MR) is 154 cm³/mol. The van der Waals surface area contributed by atoms with Crippen LogP contribution in [0.25, 0.3) is 22.3 Å². The van der Waals surface area contributed by atoms with E-state index < -0.39 is 4.92 Å². The third-order valence-electron chi connectivity index (χ3n) is 5.61. The second-order valence-corrected chi connectivity index (χ2v) is 9.61.